The van der Waals surface area contributed by atoms with Crippen LogP contribution in [0.25, 0.3) is 0 Å². The number of nitrogens with zero attached hydrogens (tertiary/aromatic N) is 1. The van der Waals surface area contributed by atoms with Crippen molar-refractivity contribution in [3.8, 4) is 0 Å². The number of carbonyl (C=O) groups excluding carboxylic acids is 2. The third-order valence-corrected chi connectivity index (χ3v) is 4.65. The summed E-state index contributed by atoms with van der Waals surface area (Å²) in [5.41, 5.74) is 2.95. The number of anilines is 3. The van der Waals surface area contributed by atoms with E-state index in [9.17, 15) is 14.0 Å². The van der Waals surface area contributed by atoms with Crippen molar-refractivity contribution in [3.63, 3.8) is 0 Å². The number of carbonyl (C=O) groups is 2. The van der Waals surface area contributed by atoms with Gasteiger partial charge >= 0.3 is 12.1 Å². The molecule has 0 aliphatic rings. The average molecular weight is 420 g/mol. The number of amides is 4. The second-order valence-corrected chi connectivity index (χ2v) is 6.97. The Morgan fingerprint density at radius 3 is 2.26 bits per heavy atom. The van der Waals surface area contributed by atoms with Crippen LogP contribution in [0.5, 0.6) is 0 Å². The lowest BCUT2D eigenvalue weighted by Crippen LogP contribution is -2.38. The van der Waals surface area contributed by atoms with Crippen LogP contribution in [0.2, 0.25) is 0 Å². The summed E-state index contributed by atoms with van der Waals surface area (Å²) in [4.78, 5) is 26.5. The van der Waals surface area contributed by atoms with Gasteiger partial charge in [0.1, 0.15) is 5.82 Å². The minimum Gasteiger partial charge on any atom is -0.338 e. The minimum absolute atomic E-state index is 0.309. The van der Waals surface area contributed by atoms with Crippen LogP contribution in [0.3, 0.4) is 0 Å². The first-order chi connectivity index (χ1) is 15.0. The number of halogens is 1. The third kappa shape index (κ3) is 6.57. The summed E-state index contributed by atoms with van der Waals surface area (Å²) in [5.74, 6) is -0.373. The topological polar surface area (TPSA) is 73.5 Å². The molecule has 0 unspecified atom stereocenters. The monoisotopic (exact) mass is 420 g/mol. The molecule has 0 atom stereocenters. The minimum atomic E-state index is -0.373. The number of aryl methyl sites for hydroxylation is 1. The molecule has 0 saturated heterocycles. The highest BCUT2D eigenvalue weighted by molar-refractivity contribution is 6.01. The smallest absolute Gasteiger partial charge is 0.326 e. The maximum atomic E-state index is 13.3. The second-order valence-electron chi connectivity index (χ2n) is 6.97. The highest BCUT2D eigenvalue weighted by atomic mass is 19.1. The van der Waals surface area contributed by atoms with E-state index >= 15 is 0 Å². The Morgan fingerprint density at radius 2 is 1.55 bits per heavy atom. The van der Waals surface area contributed by atoms with Crippen LogP contribution in [0.15, 0.2) is 78.9 Å². The highest BCUT2D eigenvalue weighted by Crippen LogP contribution is 2.17. The Labute approximate surface area is 181 Å². The van der Waals surface area contributed by atoms with Crippen LogP contribution in [-0.2, 0) is 0 Å². The van der Waals surface area contributed by atoms with Gasteiger partial charge in [0.15, 0.2) is 0 Å². The van der Waals surface area contributed by atoms with Crippen molar-refractivity contribution in [2.45, 2.75) is 13.3 Å². The lowest BCUT2D eigenvalue weighted by atomic mass is 10.2. The molecular weight excluding hydrogens is 395 g/mol. The van der Waals surface area contributed by atoms with Crippen LogP contribution in [-0.4, -0.2) is 25.2 Å². The van der Waals surface area contributed by atoms with Crippen LogP contribution in [0.1, 0.15) is 12.0 Å². The normalized spacial score (nSPS) is 10.3. The standard InChI is InChI=1S/C24H25FN4O2/c1-18-8-5-6-11-22(18)28-23(30)26-16-7-17-29(21-14-12-19(25)13-15-21)24(31)27-20-9-3-2-4-10-20/h2-6,8-15H,7,16-17H2,1H3,(H,27,31)(H2,26,28,30). The molecule has 3 aromatic rings. The molecule has 0 heterocycles. The van der Waals surface area contributed by atoms with Gasteiger partial charge in [0.25, 0.3) is 0 Å². The lowest BCUT2D eigenvalue weighted by molar-refractivity contribution is 0.252. The molecule has 3 N–H and O–H groups in total. The molecule has 0 saturated carbocycles. The molecule has 6 nitrogen and oxygen atoms in total. The molecule has 0 bridgehead atoms. The Hall–Kier alpha value is -3.87. The van der Waals surface area contributed by atoms with E-state index in [1.165, 1.54) is 17.0 Å². The van der Waals surface area contributed by atoms with E-state index in [0.717, 1.165) is 11.3 Å². The number of nitrogens with one attached hydrogen (secondary N) is 3. The fraction of sp³-hybridized carbons (Fsp3) is 0.167. The first-order valence-corrected chi connectivity index (χ1v) is 10.0. The molecule has 31 heavy (non-hydrogen) atoms. The summed E-state index contributed by atoms with van der Waals surface area (Å²) in [7, 11) is 0. The number of urea groups is 2. The molecule has 160 valence electrons. The van der Waals surface area contributed by atoms with Crippen molar-refractivity contribution in [3.05, 3.63) is 90.2 Å². The van der Waals surface area contributed by atoms with Gasteiger partial charge in [-0.05, 0) is 61.4 Å². The summed E-state index contributed by atoms with van der Waals surface area (Å²) in [6, 6.07) is 21.7. The fourth-order valence-electron chi connectivity index (χ4n) is 3.00. The molecule has 7 heteroatoms. The predicted molar refractivity (Wildman–Crippen MR) is 122 cm³/mol. The van der Waals surface area contributed by atoms with Gasteiger partial charge in [-0.2, -0.15) is 0 Å². The van der Waals surface area contributed by atoms with E-state index < -0.39 is 0 Å². The maximum Gasteiger partial charge on any atom is 0.326 e. The van der Waals surface area contributed by atoms with Gasteiger partial charge in [-0.3, -0.25) is 4.90 Å². The van der Waals surface area contributed by atoms with Crippen LogP contribution < -0.4 is 20.9 Å². The molecule has 0 fully saturated rings. The van der Waals surface area contributed by atoms with Crippen molar-refractivity contribution < 1.29 is 14.0 Å². The fourth-order valence-corrected chi connectivity index (χ4v) is 3.00. The van der Waals surface area contributed by atoms with Crippen LogP contribution in [0.4, 0.5) is 31.0 Å². The Balaban J connectivity index is 1.57. The van der Waals surface area contributed by atoms with Crippen molar-refractivity contribution >= 4 is 29.1 Å². The summed E-state index contributed by atoms with van der Waals surface area (Å²) in [6.07, 6.45) is 0.515. The molecule has 3 aromatic carbocycles. The zero-order chi connectivity index (χ0) is 22.1. The maximum absolute atomic E-state index is 13.3. The molecule has 0 aliphatic carbocycles. The zero-order valence-corrected chi connectivity index (χ0v) is 17.3. The van der Waals surface area contributed by atoms with Gasteiger partial charge in [0.05, 0.1) is 0 Å². The van der Waals surface area contributed by atoms with Crippen molar-refractivity contribution in [2.75, 3.05) is 28.6 Å². The van der Waals surface area contributed by atoms with E-state index in [4.69, 9.17) is 0 Å². The quantitative estimate of drug-likeness (QED) is 0.449. The summed E-state index contributed by atoms with van der Waals surface area (Å²) < 4.78 is 13.3. The average Bonchev–Trinajstić information content (AvgIpc) is 2.77. The Kier molecular flexibility index (Phi) is 7.59. The van der Waals surface area contributed by atoms with Gasteiger partial charge in [0.2, 0.25) is 0 Å². The number of benzene rings is 3. The summed E-state index contributed by atoms with van der Waals surface area (Å²) >= 11 is 0. The first kappa shape index (κ1) is 21.8. The summed E-state index contributed by atoms with van der Waals surface area (Å²) in [5, 5.41) is 8.44. The molecule has 0 spiro atoms. The summed E-state index contributed by atoms with van der Waals surface area (Å²) in [6.45, 7) is 2.63. The highest BCUT2D eigenvalue weighted by Gasteiger charge is 2.16. The molecule has 4 amide bonds. The Bertz CT molecular complexity index is 1010. The largest absolute Gasteiger partial charge is 0.338 e. The van der Waals surface area contributed by atoms with Crippen molar-refractivity contribution in [2.24, 2.45) is 0 Å². The van der Waals surface area contributed by atoms with E-state index in [2.05, 4.69) is 16.0 Å². The lowest BCUT2D eigenvalue weighted by Gasteiger charge is -2.23. The van der Waals surface area contributed by atoms with Gasteiger partial charge in [-0.1, -0.05) is 36.4 Å². The number of hydrogen-bond acceptors (Lipinski definition) is 2. The number of para-hydroxylation sites is 2. The number of hydrogen-bond donors (Lipinski definition) is 3. The van der Waals surface area contributed by atoms with Gasteiger partial charge in [-0.25, -0.2) is 14.0 Å². The van der Waals surface area contributed by atoms with Crippen LogP contribution >= 0.6 is 0 Å². The number of rotatable bonds is 7. The van der Waals surface area contributed by atoms with E-state index in [0.29, 0.717) is 30.9 Å². The van der Waals surface area contributed by atoms with Crippen LogP contribution in [0, 0.1) is 12.7 Å². The van der Waals surface area contributed by atoms with E-state index in [1.807, 2.05) is 49.4 Å². The molecule has 0 aromatic heterocycles. The predicted octanol–water partition coefficient (Wildman–Crippen LogP) is 5.38. The van der Waals surface area contributed by atoms with Gasteiger partial charge < -0.3 is 16.0 Å². The Morgan fingerprint density at radius 1 is 0.871 bits per heavy atom. The second kappa shape index (κ2) is 10.8. The first-order valence-electron chi connectivity index (χ1n) is 10.0. The van der Waals surface area contributed by atoms with E-state index in [1.54, 1.807) is 24.3 Å². The third-order valence-electron chi connectivity index (χ3n) is 4.65. The zero-order valence-electron chi connectivity index (χ0n) is 17.3. The van der Waals surface area contributed by atoms with Gasteiger partial charge in [-0.15, -0.1) is 0 Å². The molecular formula is C24H25FN4O2. The van der Waals surface area contributed by atoms with Gasteiger partial charge in [0, 0.05) is 30.2 Å². The SMILES string of the molecule is Cc1ccccc1NC(=O)NCCCN(C(=O)Nc1ccccc1)c1ccc(F)cc1. The molecule has 0 aliphatic heterocycles. The van der Waals surface area contributed by atoms with Crippen molar-refractivity contribution in [1.82, 2.24) is 5.32 Å². The van der Waals surface area contributed by atoms with Crippen molar-refractivity contribution in [1.29, 1.82) is 0 Å². The van der Waals surface area contributed by atoms with E-state index in [-0.39, 0.29) is 17.9 Å². The molecule has 3 rings (SSSR count). The molecule has 0 radical (unpaired) electrons.